The minimum Gasteiger partial charge on any atom is -0.420 e. The highest BCUT2D eigenvalue weighted by molar-refractivity contribution is 7.94. The molecule has 9 heteroatoms. The molecule has 4 rings (SSSR count). The number of nitrogens with zero attached hydrogens (tertiary/aromatic N) is 2. The van der Waals surface area contributed by atoms with Gasteiger partial charge in [-0.05, 0) is 55.7 Å². The van der Waals surface area contributed by atoms with Gasteiger partial charge in [-0.25, -0.2) is 12.8 Å². The summed E-state index contributed by atoms with van der Waals surface area (Å²) >= 11 is 1.05. The van der Waals surface area contributed by atoms with Crippen LogP contribution in [0.3, 0.4) is 0 Å². The van der Waals surface area contributed by atoms with E-state index < -0.39 is 15.8 Å². The van der Waals surface area contributed by atoms with E-state index in [9.17, 15) is 12.8 Å². The molecule has 1 aliphatic rings. The molecule has 1 fully saturated rings. The Hall–Kier alpha value is -2.26. The lowest BCUT2D eigenvalue weighted by molar-refractivity contribution is 0.509. The average molecular weight is 379 g/mol. The van der Waals surface area contributed by atoms with Gasteiger partial charge in [0.2, 0.25) is 5.89 Å². The number of rotatable bonds is 5. The zero-order valence-electron chi connectivity index (χ0n) is 13.2. The summed E-state index contributed by atoms with van der Waals surface area (Å²) in [5.74, 6) is 0.855. The summed E-state index contributed by atoms with van der Waals surface area (Å²) in [4.78, 5) is 0.593. The number of benzene rings is 1. The van der Waals surface area contributed by atoms with Gasteiger partial charge >= 0.3 is 0 Å². The predicted octanol–water partition coefficient (Wildman–Crippen LogP) is 3.92. The van der Waals surface area contributed by atoms with Crippen LogP contribution in [0, 0.1) is 12.7 Å². The number of anilines is 1. The fourth-order valence-electron chi connectivity index (χ4n) is 2.35. The molecule has 1 saturated carbocycles. The van der Waals surface area contributed by atoms with E-state index in [1.807, 2.05) is 0 Å². The summed E-state index contributed by atoms with van der Waals surface area (Å²) in [6, 6.07) is 7.01. The molecule has 1 N–H and O–H groups in total. The standard InChI is InChI=1S/C16H14FN3O3S2/c1-9-8-11(17)4-5-12(9)20-25(21,22)14-7-6-13(24-14)16-19-18-15(23-16)10-2-3-10/h4-8,10,20H,2-3H2,1H3. The lowest BCUT2D eigenvalue weighted by atomic mass is 10.2. The van der Waals surface area contributed by atoms with Gasteiger partial charge in [-0.2, -0.15) is 0 Å². The maximum Gasteiger partial charge on any atom is 0.271 e. The molecule has 0 aliphatic heterocycles. The van der Waals surface area contributed by atoms with E-state index in [1.165, 1.54) is 24.3 Å². The summed E-state index contributed by atoms with van der Waals surface area (Å²) in [6.07, 6.45) is 2.10. The molecule has 0 atom stereocenters. The third-order valence-corrected chi connectivity index (χ3v) is 6.79. The zero-order valence-corrected chi connectivity index (χ0v) is 14.8. The van der Waals surface area contributed by atoms with Gasteiger partial charge in [0.25, 0.3) is 15.9 Å². The van der Waals surface area contributed by atoms with Crippen molar-refractivity contribution in [2.24, 2.45) is 0 Å². The summed E-state index contributed by atoms with van der Waals surface area (Å²) < 4.78 is 46.5. The van der Waals surface area contributed by atoms with Gasteiger partial charge in [0.1, 0.15) is 10.0 Å². The van der Waals surface area contributed by atoms with E-state index in [1.54, 1.807) is 13.0 Å². The Labute approximate surface area is 147 Å². The van der Waals surface area contributed by atoms with E-state index in [0.29, 0.717) is 33.8 Å². The molecule has 130 valence electrons. The first-order valence-electron chi connectivity index (χ1n) is 7.65. The first kappa shape index (κ1) is 16.2. The first-order chi connectivity index (χ1) is 11.9. The number of aromatic nitrogens is 2. The third kappa shape index (κ3) is 3.29. The van der Waals surface area contributed by atoms with Crippen molar-refractivity contribution < 1.29 is 17.2 Å². The van der Waals surface area contributed by atoms with Crippen molar-refractivity contribution >= 4 is 27.0 Å². The van der Waals surface area contributed by atoms with Crippen molar-refractivity contribution in [3.63, 3.8) is 0 Å². The molecular formula is C16H14FN3O3S2. The van der Waals surface area contributed by atoms with Crippen LogP contribution in [0.4, 0.5) is 10.1 Å². The lowest BCUT2D eigenvalue weighted by Gasteiger charge is -2.09. The molecule has 0 bridgehead atoms. The van der Waals surface area contributed by atoms with Crippen LogP contribution in [0.25, 0.3) is 10.8 Å². The number of hydrogen-bond donors (Lipinski definition) is 1. The fourth-order valence-corrected chi connectivity index (χ4v) is 4.70. The van der Waals surface area contributed by atoms with Crippen LogP contribution >= 0.6 is 11.3 Å². The Morgan fingerprint density at radius 1 is 1.24 bits per heavy atom. The Bertz CT molecular complexity index is 1040. The summed E-state index contributed by atoms with van der Waals surface area (Å²) in [7, 11) is -3.78. The predicted molar refractivity (Wildman–Crippen MR) is 91.5 cm³/mol. The minimum absolute atomic E-state index is 0.123. The Balaban J connectivity index is 1.59. The molecule has 0 spiro atoms. The van der Waals surface area contributed by atoms with Gasteiger partial charge in [0.05, 0.1) is 10.6 Å². The van der Waals surface area contributed by atoms with Crippen LogP contribution in [-0.4, -0.2) is 18.6 Å². The van der Waals surface area contributed by atoms with Crippen molar-refractivity contribution in [3.8, 4) is 10.8 Å². The first-order valence-corrected chi connectivity index (χ1v) is 9.95. The van der Waals surface area contributed by atoms with Gasteiger partial charge < -0.3 is 4.42 Å². The Kier molecular flexibility index (Phi) is 3.84. The van der Waals surface area contributed by atoms with Crippen LogP contribution in [0.5, 0.6) is 0 Å². The number of sulfonamides is 1. The highest BCUT2D eigenvalue weighted by Gasteiger charge is 2.30. The van der Waals surface area contributed by atoms with Crippen molar-refractivity contribution in [2.75, 3.05) is 4.72 Å². The zero-order chi connectivity index (χ0) is 17.6. The molecule has 25 heavy (non-hydrogen) atoms. The number of aryl methyl sites for hydroxylation is 1. The Morgan fingerprint density at radius 2 is 2.04 bits per heavy atom. The summed E-state index contributed by atoms with van der Waals surface area (Å²) in [6.45, 7) is 1.64. The van der Waals surface area contributed by atoms with Gasteiger partial charge in [-0.15, -0.1) is 21.5 Å². The van der Waals surface area contributed by atoms with Crippen molar-refractivity contribution in [1.29, 1.82) is 0 Å². The van der Waals surface area contributed by atoms with E-state index in [2.05, 4.69) is 14.9 Å². The lowest BCUT2D eigenvalue weighted by Crippen LogP contribution is -2.12. The van der Waals surface area contributed by atoms with E-state index in [4.69, 9.17) is 4.42 Å². The minimum atomic E-state index is -3.78. The largest absolute Gasteiger partial charge is 0.420 e. The summed E-state index contributed by atoms with van der Waals surface area (Å²) in [5.41, 5.74) is 0.844. The van der Waals surface area contributed by atoms with Crippen LogP contribution in [0.1, 0.15) is 30.2 Å². The molecular weight excluding hydrogens is 365 g/mol. The molecule has 6 nitrogen and oxygen atoms in total. The number of halogens is 1. The van der Waals surface area contributed by atoms with Gasteiger partial charge in [-0.1, -0.05) is 0 Å². The molecule has 1 aliphatic carbocycles. The number of nitrogens with one attached hydrogen (secondary N) is 1. The normalized spacial score (nSPS) is 14.6. The second kappa shape index (κ2) is 5.92. The fraction of sp³-hybridized carbons (Fsp3) is 0.250. The van der Waals surface area contributed by atoms with Crippen molar-refractivity contribution in [2.45, 2.75) is 29.9 Å². The van der Waals surface area contributed by atoms with Crippen molar-refractivity contribution in [3.05, 3.63) is 47.6 Å². The highest BCUT2D eigenvalue weighted by Crippen LogP contribution is 2.40. The molecule has 1 aromatic carbocycles. The summed E-state index contributed by atoms with van der Waals surface area (Å²) in [5, 5.41) is 7.99. The average Bonchev–Trinajstić information content (AvgIpc) is 3.09. The maximum atomic E-state index is 13.2. The highest BCUT2D eigenvalue weighted by atomic mass is 32.2. The monoisotopic (exact) mass is 379 g/mol. The van der Waals surface area contributed by atoms with Crippen LogP contribution in [-0.2, 0) is 10.0 Å². The maximum absolute atomic E-state index is 13.2. The quantitative estimate of drug-likeness (QED) is 0.726. The van der Waals surface area contributed by atoms with Gasteiger partial charge in [-0.3, -0.25) is 4.72 Å². The number of thiophene rings is 1. The molecule has 2 aromatic heterocycles. The molecule has 0 amide bonds. The topological polar surface area (TPSA) is 85.1 Å². The molecule has 0 saturated heterocycles. The SMILES string of the molecule is Cc1cc(F)ccc1NS(=O)(=O)c1ccc(-c2nnc(C3CC3)o2)s1. The second-order valence-corrected chi connectivity index (χ2v) is 8.90. The van der Waals surface area contributed by atoms with E-state index >= 15 is 0 Å². The van der Waals surface area contributed by atoms with E-state index in [0.717, 1.165) is 24.2 Å². The van der Waals surface area contributed by atoms with Crippen LogP contribution in [0.2, 0.25) is 0 Å². The molecule has 0 unspecified atom stereocenters. The van der Waals surface area contributed by atoms with Crippen LogP contribution in [0.15, 0.2) is 39.0 Å². The molecule has 3 aromatic rings. The van der Waals surface area contributed by atoms with E-state index in [-0.39, 0.29) is 4.21 Å². The molecule has 0 radical (unpaired) electrons. The van der Waals surface area contributed by atoms with Crippen LogP contribution < -0.4 is 4.72 Å². The van der Waals surface area contributed by atoms with Gasteiger partial charge in [0.15, 0.2) is 0 Å². The Morgan fingerprint density at radius 3 is 2.76 bits per heavy atom. The third-order valence-electron chi connectivity index (χ3n) is 3.86. The number of hydrogen-bond acceptors (Lipinski definition) is 6. The van der Waals surface area contributed by atoms with Crippen molar-refractivity contribution in [1.82, 2.24) is 10.2 Å². The molecule has 2 heterocycles. The van der Waals surface area contributed by atoms with Gasteiger partial charge in [0, 0.05) is 5.92 Å². The smallest absolute Gasteiger partial charge is 0.271 e. The second-order valence-electron chi connectivity index (χ2n) is 5.90.